The van der Waals surface area contributed by atoms with E-state index in [0.29, 0.717) is 17.5 Å². The molecule has 0 radical (unpaired) electrons. The molecule has 312 valence electrons. The predicted octanol–water partition coefficient (Wildman–Crippen LogP) is 15.1. The zero-order valence-corrected chi connectivity index (χ0v) is 36.7. The van der Waals surface area contributed by atoms with Gasteiger partial charge in [-0.15, -0.1) is 0 Å². The standard InChI is InChI=1S/C60H42N6/c1-37-24-33-58-52(34-37)49-18-8-13-23-57(49)66(58)59-50(40-25-29-43(30-26-40)64-53-19-9-4-14-45(53)46-15-5-10-20-54(46)64)35-42(60-62-38(2)61-39(3)63-60)36-51(59)41-27-31-44(32-28-41)65-55-21-11-6-16-47(55)48-17-7-12-22-56(48)65/h4-36H,1-3H3. The van der Waals surface area contributed by atoms with Gasteiger partial charge in [-0.2, -0.15) is 0 Å². The molecule has 0 aliphatic heterocycles. The van der Waals surface area contributed by atoms with Crippen LogP contribution < -0.4 is 0 Å². The van der Waals surface area contributed by atoms with Crippen LogP contribution in [0.3, 0.4) is 0 Å². The zero-order valence-electron chi connectivity index (χ0n) is 36.7. The van der Waals surface area contributed by atoms with E-state index in [2.05, 4.69) is 226 Å². The maximum Gasteiger partial charge on any atom is 0.163 e. The Hall–Kier alpha value is -8.61. The van der Waals surface area contributed by atoms with Gasteiger partial charge in [0, 0.05) is 60.4 Å². The molecule has 0 saturated carbocycles. The Labute approximate surface area is 381 Å². The summed E-state index contributed by atoms with van der Waals surface area (Å²) in [4.78, 5) is 14.5. The highest BCUT2D eigenvalue weighted by Gasteiger charge is 2.23. The Morgan fingerprint density at radius 2 is 0.667 bits per heavy atom. The topological polar surface area (TPSA) is 53.5 Å². The molecule has 0 amide bonds. The van der Waals surface area contributed by atoms with Crippen molar-refractivity contribution in [3.05, 3.63) is 217 Å². The first-order chi connectivity index (χ1) is 32.5. The van der Waals surface area contributed by atoms with E-state index in [-0.39, 0.29) is 0 Å². The van der Waals surface area contributed by atoms with Gasteiger partial charge in [-0.3, -0.25) is 0 Å². The highest BCUT2D eigenvalue weighted by atomic mass is 15.0. The van der Waals surface area contributed by atoms with Gasteiger partial charge in [-0.25, -0.2) is 15.0 Å². The fraction of sp³-hybridized carbons (Fsp3) is 0.0500. The number of hydrogen-bond acceptors (Lipinski definition) is 3. The van der Waals surface area contributed by atoms with Gasteiger partial charge in [0.05, 0.1) is 38.8 Å². The summed E-state index contributed by atoms with van der Waals surface area (Å²) >= 11 is 0. The van der Waals surface area contributed by atoms with Gasteiger partial charge >= 0.3 is 0 Å². The molecule has 0 fully saturated rings. The fourth-order valence-electron chi connectivity index (χ4n) is 10.5. The van der Waals surface area contributed by atoms with Crippen molar-refractivity contribution in [2.45, 2.75) is 20.8 Å². The molecule has 0 bridgehead atoms. The summed E-state index contributed by atoms with van der Waals surface area (Å²) in [6.45, 7) is 6.05. The van der Waals surface area contributed by atoms with E-state index in [1.165, 1.54) is 59.9 Å². The Bertz CT molecular complexity index is 3770. The quantitative estimate of drug-likeness (QED) is 0.167. The van der Waals surface area contributed by atoms with E-state index in [9.17, 15) is 0 Å². The second-order valence-electron chi connectivity index (χ2n) is 17.4. The Kier molecular flexibility index (Phi) is 8.46. The summed E-state index contributed by atoms with van der Waals surface area (Å²) in [5.74, 6) is 2.03. The van der Waals surface area contributed by atoms with E-state index in [0.717, 1.165) is 55.9 Å². The molecule has 6 heteroatoms. The van der Waals surface area contributed by atoms with E-state index >= 15 is 0 Å². The normalized spacial score (nSPS) is 11.9. The third kappa shape index (κ3) is 5.85. The third-order valence-electron chi connectivity index (χ3n) is 13.3. The fourth-order valence-corrected chi connectivity index (χ4v) is 10.5. The van der Waals surface area contributed by atoms with Crippen molar-refractivity contribution in [3.8, 4) is 50.7 Å². The predicted molar refractivity (Wildman–Crippen MR) is 273 cm³/mol. The Balaban J connectivity index is 1.09. The number of aryl methyl sites for hydroxylation is 3. The van der Waals surface area contributed by atoms with Crippen molar-refractivity contribution in [2.24, 2.45) is 0 Å². The van der Waals surface area contributed by atoms with Crippen molar-refractivity contribution < 1.29 is 0 Å². The smallest absolute Gasteiger partial charge is 0.163 e. The van der Waals surface area contributed by atoms with Crippen LogP contribution in [0.5, 0.6) is 0 Å². The molecule has 13 rings (SSSR count). The lowest BCUT2D eigenvalue weighted by Gasteiger charge is -2.21. The number of aromatic nitrogens is 6. The number of rotatable bonds is 6. The van der Waals surface area contributed by atoms with Crippen molar-refractivity contribution in [1.82, 2.24) is 28.7 Å². The molecule has 0 unspecified atom stereocenters. The first-order valence-corrected chi connectivity index (χ1v) is 22.5. The van der Waals surface area contributed by atoms with Gasteiger partial charge in [0.1, 0.15) is 11.6 Å². The maximum atomic E-state index is 4.95. The largest absolute Gasteiger partial charge is 0.309 e. The maximum absolute atomic E-state index is 4.95. The average molecular weight is 847 g/mol. The molecule has 6 nitrogen and oxygen atoms in total. The molecule has 13 aromatic rings. The Morgan fingerprint density at radius 3 is 1.09 bits per heavy atom. The first-order valence-electron chi connectivity index (χ1n) is 22.5. The molecule has 4 aromatic heterocycles. The minimum Gasteiger partial charge on any atom is -0.309 e. The lowest BCUT2D eigenvalue weighted by Crippen LogP contribution is -2.04. The molecular weight excluding hydrogens is 805 g/mol. The average Bonchev–Trinajstić information content (AvgIpc) is 3.99. The molecular formula is C60H42N6. The monoisotopic (exact) mass is 846 g/mol. The van der Waals surface area contributed by atoms with E-state index in [1.54, 1.807) is 0 Å². The highest BCUT2D eigenvalue weighted by Crippen LogP contribution is 2.45. The van der Waals surface area contributed by atoms with Crippen molar-refractivity contribution >= 4 is 65.4 Å². The lowest BCUT2D eigenvalue weighted by atomic mass is 9.92. The summed E-state index contributed by atoms with van der Waals surface area (Å²) in [5.41, 5.74) is 16.8. The van der Waals surface area contributed by atoms with Crippen molar-refractivity contribution in [3.63, 3.8) is 0 Å². The number of nitrogens with zero attached hydrogens (tertiary/aromatic N) is 6. The molecule has 0 N–H and O–H groups in total. The SMILES string of the molecule is Cc1ccc2c(c1)c1ccccc1n2-c1c(-c2ccc(-n3c4ccccc4c4ccccc43)cc2)cc(-c2nc(C)nc(C)n2)cc1-c1ccc(-n2c3ccccc3c3ccccc32)cc1. The summed E-state index contributed by atoms with van der Waals surface area (Å²) < 4.78 is 7.23. The van der Waals surface area contributed by atoms with Gasteiger partial charge in [-0.05, 0) is 111 Å². The van der Waals surface area contributed by atoms with Gasteiger partial charge in [0.15, 0.2) is 5.82 Å². The zero-order chi connectivity index (χ0) is 44.0. The second-order valence-corrected chi connectivity index (χ2v) is 17.4. The van der Waals surface area contributed by atoms with Crippen LogP contribution in [0.4, 0.5) is 0 Å². The summed E-state index contributed by atoms with van der Waals surface area (Å²) in [7, 11) is 0. The van der Waals surface area contributed by atoms with Crippen LogP contribution in [-0.4, -0.2) is 28.7 Å². The van der Waals surface area contributed by atoms with Crippen molar-refractivity contribution in [2.75, 3.05) is 0 Å². The number of hydrogen-bond donors (Lipinski definition) is 0. The Morgan fingerprint density at radius 1 is 0.303 bits per heavy atom. The minimum absolute atomic E-state index is 0.649. The molecule has 66 heavy (non-hydrogen) atoms. The van der Waals surface area contributed by atoms with Gasteiger partial charge in [-0.1, -0.05) is 127 Å². The lowest BCUT2D eigenvalue weighted by molar-refractivity contribution is 0.928. The van der Waals surface area contributed by atoms with Gasteiger partial charge in [0.25, 0.3) is 0 Å². The van der Waals surface area contributed by atoms with Gasteiger partial charge in [0.2, 0.25) is 0 Å². The van der Waals surface area contributed by atoms with Crippen molar-refractivity contribution in [1.29, 1.82) is 0 Å². The number of para-hydroxylation sites is 5. The molecule has 0 aliphatic rings. The third-order valence-corrected chi connectivity index (χ3v) is 13.3. The van der Waals surface area contributed by atoms with Gasteiger partial charge < -0.3 is 13.7 Å². The minimum atomic E-state index is 0.649. The molecule has 0 atom stereocenters. The number of fused-ring (bicyclic) bond motifs is 9. The molecule has 0 spiro atoms. The van der Waals surface area contributed by atoms with Crippen LogP contribution in [0.2, 0.25) is 0 Å². The number of benzene rings is 9. The highest BCUT2D eigenvalue weighted by molar-refractivity contribution is 6.12. The second kappa shape index (κ2) is 14.7. The summed E-state index contributed by atoms with van der Waals surface area (Å²) in [6.07, 6.45) is 0. The van der Waals surface area contributed by atoms with Crippen LogP contribution >= 0.6 is 0 Å². The summed E-state index contributed by atoms with van der Waals surface area (Å²) in [5, 5.41) is 7.40. The van der Waals surface area contributed by atoms with E-state index in [4.69, 9.17) is 9.97 Å². The van der Waals surface area contributed by atoms with Crippen LogP contribution in [0.25, 0.3) is 116 Å². The van der Waals surface area contributed by atoms with E-state index < -0.39 is 0 Å². The molecule has 4 heterocycles. The summed E-state index contributed by atoms with van der Waals surface area (Å²) in [6, 6.07) is 73.0. The van der Waals surface area contributed by atoms with Crippen LogP contribution in [0, 0.1) is 20.8 Å². The van der Waals surface area contributed by atoms with E-state index in [1.807, 2.05) is 13.8 Å². The van der Waals surface area contributed by atoms with Crippen LogP contribution in [-0.2, 0) is 0 Å². The van der Waals surface area contributed by atoms with Crippen LogP contribution in [0.1, 0.15) is 17.2 Å². The molecule has 9 aromatic carbocycles. The molecule has 0 aliphatic carbocycles. The van der Waals surface area contributed by atoms with Crippen LogP contribution in [0.15, 0.2) is 200 Å². The molecule has 0 saturated heterocycles. The first kappa shape index (κ1) is 37.9.